The third kappa shape index (κ3) is 3.51. The second kappa shape index (κ2) is 6.26. The molecule has 0 radical (unpaired) electrons. The van der Waals surface area contributed by atoms with Crippen LogP contribution < -0.4 is 16.4 Å². The number of benzene rings is 2. The van der Waals surface area contributed by atoms with Crippen molar-refractivity contribution in [2.24, 2.45) is 5.73 Å². The molecule has 0 heterocycles. The van der Waals surface area contributed by atoms with Gasteiger partial charge < -0.3 is 16.4 Å². The van der Waals surface area contributed by atoms with Crippen LogP contribution in [0.5, 0.6) is 0 Å². The topological polar surface area (TPSA) is 72.3 Å². The summed E-state index contributed by atoms with van der Waals surface area (Å²) in [5.41, 5.74) is 13.1. The molecule has 0 aromatic heterocycles. The zero-order chi connectivity index (χ0) is 15.4. The normalized spacial score (nSPS) is 10.4. The quantitative estimate of drug-likeness (QED) is 0.830. The Kier molecular flexibility index (Phi) is 4.42. The van der Waals surface area contributed by atoms with Crippen LogP contribution in [0.4, 0.5) is 15.8 Å². The highest BCUT2D eigenvalue weighted by atomic mass is 19.1. The van der Waals surface area contributed by atoms with Crippen LogP contribution in [0.25, 0.3) is 0 Å². The maximum atomic E-state index is 14.0. The van der Waals surface area contributed by atoms with E-state index in [1.54, 1.807) is 6.07 Å². The highest BCUT2D eigenvalue weighted by Gasteiger charge is 2.11. The summed E-state index contributed by atoms with van der Waals surface area (Å²) in [4.78, 5) is 13.0. The van der Waals surface area contributed by atoms with Crippen molar-refractivity contribution in [1.82, 2.24) is 0 Å². The highest BCUT2D eigenvalue weighted by molar-refractivity contribution is 5.92. The minimum absolute atomic E-state index is 0.173. The molecule has 4 N–H and O–H groups in total. The van der Waals surface area contributed by atoms with E-state index in [1.165, 1.54) is 12.1 Å². The Bertz CT molecular complexity index is 640. The van der Waals surface area contributed by atoms with E-state index in [2.05, 4.69) is 0 Å². The zero-order valence-corrected chi connectivity index (χ0v) is 11.8. The van der Waals surface area contributed by atoms with E-state index in [0.717, 1.165) is 12.2 Å². The molecule has 0 bridgehead atoms. The first-order chi connectivity index (χ1) is 10.0. The largest absolute Gasteiger partial charge is 0.399 e. The first-order valence-corrected chi connectivity index (χ1v) is 6.70. The number of carbonyl (C=O) groups excluding carboxylic acids is 1. The van der Waals surface area contributed by atoms with E-state index < -0.39 is 11.7 Å². The van der Waals surface area contributed by atoms with Crippen molar-refractivity contribution >= 4 is 17.3 Å². The van der Waals surface area contributed by atoms with Gasteiger partial charge in [-0.05, 0) is 43.3 Å². The van der Waals surface area contributed by atoms with Gasteiger partial charge in [0, 0.05) is 35.6 Å². The molecule has 21 heavy (non-hydrogen) atoms. The Morgan fingerprint density at radius 1 is 1.19 bits per heavy atom. The number of nitrogens with two attached hydrogens (primary N) is 2. The van der Waals surface area contributed by atoms with Gasteiger partial charge in [-0.3, -0.25) is 4.79 Å². The lowest BCUT2D eigenvalue weighted by Crippen LogP contribution is -2.23. The van der Waals surface area contributed by atoms with Gasteiger partial charge in [0.2, 0.25) is 5.91 Å². The monoisotopic (exact) mass is 287 g/mol. The number of rotatable bonds is 5. The fourth-order valence-corrected chi connectivity index (χ4v) is 2.11. The van der Waals surface area contributed by atoms with Crippen LogP contribution in [0.15, 0.2) is 42.5 Å². The summed E-state index contributed by atoms with van der Waals surface area (Å²) in [5.74, 6) is -1.06. The number of hydrogen-bond donors (Lipinski definition) is 2. The predicted molar refractivity (Wildman–Crippen MR) is 82.5 cm³/mol. The highest BCUT2D eigenvalue weighted by Crippen LogP contribution is 2.20. The number of anilines is 2. The molecule has 2 aromatic carbocycles. The molecule has 0 aliphatic heterocycles. The molecule has 110 valence electrons. The van der Waals surface area contributed by atoms with Crippen molar-refractivity contribution < 1.29 is 9.18 Å². The molecule has 0 aliphatic carbocycles. The van der Waals surface area contributed by atoms with Gasteiger partial charge >= 0.3 is 0 Å². The molecule has 0 spiro atoms. The molecule has 0 fully saturated rings. The Labute approximate surface area is 123 Å². The van der Waals surface area contributed by atoms with Crippen LogP contribution >= 0.6 is 0 Å². The van der Waals surface area contributed by atoms with Crippen molar-refractivity contribution in [3.05, 3.63) is 59.4 Å². The van der Waals surface area contributed by atoms with E-state index >= 15 is 0 Å². The van der Waals surface area contributed by atoms with Gasteiger partial charge in [-0.15, -0.1) is 0 Å². The summed E-state index contributed by atoms with van der Waals surface area (Å²) >= 11 is 0. The number of nitrogens with zero attached hydrogens (tertiary/aromatic N) is 1. The van der Waals surface area contributed by atoms with Gasteiger partial charge in [0.25, 0.3) is 0 Å². The van der Waals surface area contributed by atoms with Crippen LogP contribution in [0, 0.1) is 5.82 Å². The van der Waals surface area contributed by atoms with E-state index in [-0.39, 0.29) is 5.56 Å². The average molecular weight is 287 g/mol. The molecule has 0 aliphatic rings. The maximum Gasteiger partial charge on any atom is 0.248 e. The van der Waals surface area contributed by atoms with Crippen molar-refractivity contribution in [2.45, 2.75) is 13.5 Å². The van der Waals surface area contributed by atoms with Crippen molar-refractivity contribution in [3.8, 4) is 0 Å². The number of carbonyl (C=O) groups is 1. The molecular formula is C16H18FN3O. The lowest BCUT2D eigenvalue weighted by atomic mass is 10.1. The average Bonchev–Trinajstić information content (AvgIpc) is 2.47. The molecule has 4 nitrogen and oxygen atoms in total. The second-order valence-corrected chi connectivity index (χ2v) is 4.78. The SMILES string of the molecule is CCN(Cc1ccc(C(N)=O)cc1F)c1ccc(N)cc1. The van der Waals surface area contributed by atoms with Gasteiger partial charge in [-0.25, -0.2) is 4.39 Å². The molecule has 0 saturated carbocycles. The Morgan fingerprint density at radius 3 is 2.38 bits per heavy atom. The molecule has 0 saturated heterocycles. The summed E-state index contributed by atoms with van der Waals surface area (Å²) in [7, 11) is 0. The van der Waals surface area contributed by atoms with Crippen LogP contribution in [-0.4, -0.2) is 12.5 Å². The van der Waals surface area contributed by atoms with Crippen LogP contribution in [0.1, 0.15) is 22.8 Å². The minimum atomic E-state index is -0.633. The summed E-state index contributed by atoms with van der Waals surface area (Å²) < 4.78 is 14.0. The van der Waals surface area contributed by atoms with E-state index in [4.69, 9.17) is 11.5 Å². The van der Waals surface area contributed by atoms with Gasteiger partial charge in [0.05, 0.1) is 0 Å². The summed E-state index contributed by atoms with van der Waals surface area (Å²) in [6.45, 7) is 3.12. The predicted octanol–water partition coefficient (Wildman–Crippen LogP) is 2.53. The van der Waals surface area contributed by atoms with Gasteiger partial charge in [0.15, 0.2) is 0 Å². The molecule has 2 aromatic rings. The number of primary amides is 1. The molecule has 0 atom stereocenters. The molecular weight excluding hydrogens is 269 g/mol. The lowest BCUT2D eigenvalue weighted by molar-refractivity contribution is 0.1000. The fraction of sp³-hybridized carbons (Fsp3) is 0.188. The summed E-state index contributed by atoms with van der Waals surface area (Å²) in [6.07, 6.45) is 0. The van der Waals surface area contributed by atoms with Crippen LogP contribution in [0.2, 0.25) is 0 Å². The van der Waals surface area contributed by atoms with Crippen LogP contribution in [-0.2, 0) is 6.54 Å². The van der Waals surface area contributed by atoms with Crippen molar-refractivity contribution in [3.63, 3.8) is 0 Å². The number of nitrogen functional groups attached to an aromatic ring is 1. The fourth-order valence-electron chi connectivity index (χ4n) is 2.11. The molecule has 1 amide bonds. The maximum absolute atomic E-state index is 14.0. The first-order valence-electron chi connectivity index (χ1n) is 6.70. The zero-order valence-electron chi connectivity index (χ0n) is 11.8. The van der Waals surface area contributed by atoms with Gasteiger partial charge in [-0.1, -0.05) is 6.07 Å². The third-order valence-corrected chi connectivity index (χ3v) is 3.34. The van der Waals surface area contributed by atoms with Gasteiger partial charge in [0.1, 0.15) is 5.82 Å². The second-order valence-electron chi connectivity index (χ2n) is 4.78. The van der Waals surface area contributed by atoms with Crippen molar-refractivity contribution in [2.75, 3.05) is 17.2 Å². The molecule has 5 heteroatoms. The van der Waals surface area contributed by atoms with Gasteiger partial charge in [-0.2, -0.15) is 0 Å². The molecule has 0 unspecified atom stereocenters. The first kappa shape index (κ1) is 14.8. The van der Waals surface area contributed by atoms with E-state index in [0.29, 0.717) is 17.8 Å². The Balaban J connectivity index is 2.22. The van der Waals surface area contributed by atoms with Crippen LogP contribution in [0.3, 0.4) is 0 Å². The number of hydrogen-bond acceptors (Lipinski definition) is 3. The lowest BCUT2D eigenvalue weighted by Gasteiger charge is -2.23. The number of amides is 1. The summed E-state index contributed by atoms with van der Waals surface area (Å²) in [6, 6.07) is 11.7. The van der Waals surface area contributed by atoms with Crippen molar-refractivity contribution in [1.29, 1.82) is 0 Å². The standard InChI is InChI=1S/C16H18FN3O/c1-2-20(14-7-5-13(18)6-8-14)10-12-4-3-11(16(19)21)9-15(12)17/h3-9H,2,10,18H2,1H3,(H2,19,21). The Morgan fingerprint density at radius 2 is 1.86 bits per heavy atom. The van der Waals surface area contributed by atoms with E-state index in [9.17, 15) is 9.18 Å². The number of halogens is 1. The third-order valence-electron chi connectivity index (χ3n) is 3.34. The van der Waals surface area contributed by atoms with E-state index in [1.807, 2.05) is 36.1 Å². The summed E-state index contributed by atoms with van der Waals surface area (Å²) in [5, 5.41) is 0. The smallest absolute Gasteiger partial charge is 0.248 e. The molecule has 2 rings (SSSR count). The minimum Gasteiger partial charge on any atom is -0.399 e. The Hall–Kier alpha value is -2.56.